The number of aromatic nitrogens is 1. The van der Waals surface area contributed by atoms with Crippen LogP contribution in [0.3, 0.4) is 0 Å². The summed E-state index contributed by atoms with van der Waals surface area (Å²) in [5, 5.41) is 2.94. The van der Waals surface area contributed by atoms with Crippen LogP contribution in [0.15, 0.2) is 42.4 Å². The number of benzene rings is 1. The van der Waals surface area contributed by atoms with Crippen molar-refractivity contribution in [1.29, 1.82) is 0 Å². The maximum atomic E-state index is 12.7. The molecular formula is C35H55N2O6P. The highest BCUT2D eigenvalue weighted by Crippen LogP contribution is 2.36. The number of methoxy groups -OCH3 is 1. The first-order valence-corrected chi connectivity index (χ1v) is 18.1. The van der Waals surface area contributed by atoms with Crippen LogP contribution in [0.4, 0.5) is 0 Å². The number of hydrogen-bond acceptors (Lipinski definition) is 5. The van der Waals surface area contributed by atoms with Crippen molar-refractivity contribution < 1.29 is 28.6 Å². The van der Waals surface area contributed by atoms with Crippen molar-refractivity contribution in [1.82, 2.24) is 10.3 Å². The van der Waals surface area contributed by atoms with Crippen LogP contribution >= 0.6 is 7.60 Å². The largest absolute Gasteiger partial charge is 0.496 e. The Labute approximate surface area is 265 Å². The van der Waals surface area contributed by atoms with Gasteiger partial charge in [0.15, 0.2) is 0 Å². The summed E-state index contributed by atoms with van der Waals surface area (Å²) in [4.78, 5) is 35.8. The lowest BCUT2D eigenvalue weighted by Crippen LogP contribution is -2.34. The molecule has 1 heterocycles. The zero-order chi connectivity index (χ0) is 32.2. The lowest BCUT2D eigenvalue weighted by Gasteiger charge is -2.16. The zero-order valence-electron chi connectivity index (χ0n) is 27.4. The van der Waals surface area contributed by atoms with Crippen LogP contribution in [0.1, 0.15) is 119 Å². The van der Waals surface area contributed by atoms with E-state index < -0.39 is 13.6 Å². The Morgan fingerprint density at radius 1 is 0.932 bits per heavy atom. The molecule has 0 bridgehead atoms. The van der Waals surface area contributed by atoms with Crippen molar-refractivity contribution in [3.8, 4) is 11.5 Å². The van der Waals surface area contributed by atoms with Gasteiger partial charge in [0, 0.05) is 29.6 Å². The van der Waals surface area contributed by atoms with E-state index in [9.17, 15) is 19.1 Å². The van der Waals surface area contributed by atoms with Crippen molar-refractivity contribution in [3.63, 3.8) is 0 Å². The van der Waals surface area contributed by atoms with Gasteiger partial charge in [0.05, 0.1) is 18.8 Å². The molecule has 0 aliphatic rings. The second-order valence-corrected chi connectivity index (χ2v) is 13.3. The second kappa shape index (κ2) is 21.1. The van der Waals surface area contributed by atoms with E-state index in [4.69, 9.17) is 9.47 Å². The van der Waals surface area contributed by atoms with Crippen LogP contribution in [0, 0.1) is 13.8 Å². The molecule has 44 heavy (non-hydrogen) atoms. The van der Waals surface area contributed by atoms with Crippen LogP contribution < -0.4 is 14.8 Å². The highest BCUT2D eigenvalue weighted by Gasteiger charge is 2.14. The average Bonchev–Trinajstić information content (AvgIpc) is 2.98. The monoisotopic (exact) mass is 630 g/mol. The molecule has 1 aromatic carbocycles. The number of carbonyl (C=O) groups is 1. The van der Waals surface area contributed by atoms with E-state index in [0.29, 0.717) is 25.2 Å². The van der Waals surface area contributed by atoms with E-state index in [2.05, 4.69) is 17.2 Å². The zero-order valence-corrected chi connectivity index (χ0v) is 28.2. The fourth-order valence-corrected chi connectivity index (χ4v) is 5.74. The number of nitrogens with zero attached hydrogens (tertiary/aromatic N) is 1. The normalized spacial score (nSPS) is 12.4. The average molecular weight is 631 g/mol. The predicted molar refractivity (Wildman–Crippen MR) is 178 cm³/mol. The molecule has 246 valence electrons. The van der Waals surface area contributed by atoms with E-state index in [1.807, 2.05) is 38.1 Å². The summed E-state index contributed by atoms with van der Waals surface area (Å²) >= 11 is 0. The predicted octanol–water partition coefficient (Wildman–Crippen LogP) is 8.49. The molecule has 0 saturated carbocycles. The Morgan fingerprint density at radius 2 is 1.50 bits per heavy atom. The highest BCUT2D eigenvalue weighted by molar-refractivity contribution is 7.55. The molecule has 1 aromatic heterocycles. The standard InChI is InChI=1S/C35H55N2O6P/c1-5-6-7-8-9-10-11-12-13-14-15-16-17-18-34(38)37-31(23-24-44(39,40)41)25-30-19-21-32(22-20-30)43-27-33-29(3)35(42-4)28(2)26-36-33/h19-24,26,31H,5-18,25,27H2,1-4H3,(H,37,38)(H2,39,40,41). The summed E-state index contributed by atoms with van der Waals surface area (Å²) in [5.41, 5.74) is 3.62. The number of hydrogen-bond donors (Lipinski definition) is 3. The van der Waals surface area contributed by atoms with Crippen molar-refractivity contribution in [2.75, 3.05) is 7.11 Å². The number of amides is 1. The number of carbonyl (C=O) groups excluding carboxylic acids is 1. The molecule has 1 amide bonds. The van der Waals surface area contributed by atoms with Crippen molar-refractivity contribution >= 4 is 13.5 Å². The molecule has 3 N–H and O–H groups in total. The first kappa shape index (κ1) is 37.5. The molecule has 1 unspecified atom stereocenters. The molecule has 0 spiro atoms. The summed E-state index contributed by atoms with van der Waals surface area (Å²) in [6.45, 7) is 6.46. The van der Waals surface area contributed by atoms with Crippen molar-refractivity contribution in [2.45, 2.75) is 130 Å². The Balaban J connectivity index is 1.76. The topological polar surface area (TPSA) is 118 Å². The summed E-state index contributed by atoms with van der Waals surface area (Å²) < 4.78 is 22.9. The Morgan fingerprint density at radius 3 is 2.05 bits per heavy atom. The Hall–Kier alpha value is -2.67. The van der Waals surface area contributed by atoms with Gasteiger partial charge in [-0.15, -0.1) is 0 Å². The number of rotatable bonds is 23. The third-order valence-electron chi connectivity index (χ3n) is 7.87. The highest BCUT2D eigenvalue weighted by atomic mass is 31.2. The van der Waals surface area contributed by atoms with Crippen LogP contribution in [0.2, 0.25) is 0 Å². The molecule has 0 radical (unpaired) electrons. The third kappa shape index (κ3) is 15.9. The van der Waals surface area contributed by atoms with Gasteiger partial charge in [-0.05, 0) is 44.4 Å². The Kier molecular flexibility index (Phi) is 18.0. The van der Waals surface area contributed by atoms with Gasteiger partial charge in [-0.3, -0.25) is 14.3 Å². The number of nitrogens with one attached hydrogen (secondary N) is 1. The SMILES string of the molecule is CCCCCCCCCCCCCCCC(=O)NC(C=CP(=O)(O)O)Cc1ccc(OCc2ncc(C)c(OC)c2C)cc1. The van der Waals surface area contributed by atoms with Crippen LogP contribution in [0.5, 0.6) is 11.5 Å². The maximum absolute atomic E-state index is 12.7. The maximum Gasteiger partial charge on any atom is 0.348 e. The molecule has 8 nitrogen and oxygen atoms in total. The van der Waals surface area contributed by atoms with Crippen molar-refractivity contribution in [2.24, 2.45) is 0 Å². The Bertz CT molecular complexity index is 1180. The van der Waals surface area contributed by atoms with Crippen molar-refractivity contribution in [3.05, 3.63) is 64.7 Å². The second-order valence-electron chi connectivity index (χ2n) is 11.8. The molecule has 0 saturated heterocycles. The number of unbranched alkanes of at least 4 members (excludes halogenated alkanes) is 12. The smallest absolute Gasteiger partial charge is 0.348 e. The third-order valence-corrected chi connectivity index (χ3v) is 8.43. The van der Waals surface area contributed by atoms with Gasteiger partial charge in [0.1, 0.15) is 18.1 Å². The summed E-state index contributed by atoms with van der Waals surface area (Å²) in [6, 6.07) is 6.94. The minimum Gasteiger partial charge on any atom is -0.496 e. The van der Waals surface area contributed by atoms with Gasteiger partial charge < -0.3 is 24.6 Å². The van der Waals surface area contributed by atoms with Crippen LogP contribution in [-0.4, -0.2) is 33.8 Å². The van der Waals surface area contributed by atoms with E-state index in [-0.39, 0.29) is 5.91 Å². The van der Waals surface area contributed by atoms with Gasteiger partial charge in [-0.2, -0.15) is 0 Å². The molecule has 9 heteroatoms. The van der Waals surface area contributed by atoms with Gasteiger partial charge >= 0.3 is 7.60 Å². The van der Waals surface area contributed by atoms with Gasteiger partial charge in [-0.1, -0.05) is 102 Å². The summed E-state index contributed by atoms with van der Waals surface area (Å²) in [6.07, 6.45) is 20.1. The fraction of sp³-hybridized carbons (Fsp3) is 0.600. The number of aryl methyl sites for hydroxylation is 1. The molecule has 0 fully saturated rings. The van der Waals surface area contributed by atoms with E-state index in [1.165, 1.54) is 70.3 Å². The molecular weight excluding hydrogens is 575 g/mol. The molecule has 0 aliphatic heterocycles. The van der Waals surface area contributed by atoms with E-state index >= 15 is 0 Å². The first-order chi connectivity index (χ1) is 21.1. The van der Waals surface area contributed by atoms with E-state index in [1.54, 1.807) is 13.3 Å². The summed E-state index contributed by atoms with van der Waals surface area (Å²) in [7, 11) is -2.70. The quantitative estimate of drug-likeness (QED) is 0.0832. The number of ether oxygens (including phenoxy) is 2. The molecule has 2 aromatic rings. The summed E-state index contributed by atoms with van der Waals surface area (Å²) in [5.74, 6) is 2.23. The van der Waals surface area contributed by atoms with Crippen LogP contribution in [-0.2, 0) is 22.4 Å². The number of pyridine rings is 1. The minimum atomic E-state index is -4.35. The lowest BCUT2D eigenvalue weighted by atomic mass is 10.0. The minimum absolute atomic E-state index is 0.107. The fourth-order valence-electron chi connectivity index (χ4n) is 5.31. The lowest BCUT2D eigenvalue weighted by molar-refractivity contribution is -0.121. The molecule has 0 aliphatic carbocycles. The van der Waals surface area contributed by atoms with Gasteiger partial charge in [-0.25, -0.2) is 0 Å². The van der Waals surface area contributed by atoms with Gasteiger partial charge in [0.25, 0.3) is 0 Å². The van der Waals surface area contributed by atoms with E-state index in [0.717, 1.165) is 53.2 Å². The van der Waals surface area contributed by atoms with Crippen LogP contribution in [0.25, 0.3) is 0 Å². The first-order valence-electron chi connectivity index (χ1n) is 16.4. The molecule has 1 atom stereocenters. The van der Waals surface area contributed by atoms with Gasteiger partial charge in [0.2, 0.25) is 5.91 Å². The molecule has 2 rings (SSSR count).